The number of thiophene rings is 1. The summed E-state index contributed by atoms with van der Waals surface area (Å²) in [6, 6.07) is 9.19. The van der Waals surface area contributed by atoms with Crippen LogP contribution in [0.1, 0.15) is 4.88 Å². The number of nitrogens with one attached hydrogen (secondary N) is 2. The Hall–Kier alpha value is -1.57. The van der Waals surface area contributed by atoms with Crippen LogP contribution in [0.2, 0.25) is 0 Å². The molecule has 0 fully saturated rings. The van der Waals surface area contributed by atoms with E-state index >= 15 is 0 Å². The molecule has 2 aromatic rings. The van der Waals surface area contributed by atoms with Gasteiger partial charge in [0.05, 0.1) is 10.6 Å². The number of thioether (sulfide) groups is 1. The number of halogens is 1. The minimum absolute atomic E-state index is 0.159. The van der Waals surface area contributed by atoms with E-state index in [4.69, 9.17) is 4.79 Å². The third-order valence-electron chi connectivity index (χ3n) is 2.24. The van der Waals surface area contributed by atoms with Crippen molar-refractivity contribution in [2.24, 2.45) is 5.84 Å². The largest absolute Gasteiger partial charge is 0.387 e. The molecule has 2 rings (SSSR count). The first-order valence-corrected chi connectivity index (χ1v) is 7.60. The SMILES string of the molecule is CNc1cccc(F)c1SCc1cccs1.NNC=O. The third kappa shape index (κ3) is 5.20. The van der Waals surface area contributed by atoms with Gasteiger partial charge in [-0.3, -0.25) is 10.2 Å². The first-order valence-electron chi connectivity index (χ1n) is 5.74. The molecule has 108 valence electrons. The molecule has 0 unspecified atom stereocenters. The molecule has 0 radical (unpaired) electrons. The van der Waals surface area contributed by atoms with Gasteiger partial charge in [-0.2, -0.15) is 0 Å². The molecule has 4 nitrogen and oxygen atoms in total. The van der Waals surface area contributed by atoms with Crippen LogP contribution in [0.4, 0.5) is 10.1 Å². The van der Waals surface area contributed by atoms with E-state index in [-0.39, 0.29) is 5.82 Å². The highest BCUT2D eigenvalue weighted by Gasteiger charge is 2.08. The number of carbonyl (C=O) groups is 1. The molecule has 0 saturated carbocycles. The van der Waals surface area contributed by atoms with E-state index in [9.17, 15) is 4.39 Å². The monoisotopic (exact) mass is 313 g/mol. The topological polar surface area (TPSA) is 67.2 Å². The molecule has 7 heteroatoms. The lowest BCUT2D eigenvalue weighted by Gasteiger charge is -2.08. The summed E-state index contributed by atoms with van der Waals surface area (Å²) in [5, 5.41) is 5.05. The Bertz CT molecular complexity index is 520. The van der Waals surface area contributed by atoms with Crippen molar-refractivity contribution in [3.8, 4) is 0 Å². The van der Waals surface area contributed by atoms with Gasteiger partial charge in [-0.25, -0.2) is 10.2 Å². The van der Waals surface area contributed by atoms with Gasteiger partial charge in [0, 0.05) is 17.7 Å². The van der Waals surface area contributed by atoms with Gasteiger partial charge in [-0.1, -0.05) is 12.1 Å². The minimum atomic E-state index is -0.159. The average Bonchev–Trinajstić information content (AvgIpc) is 2.99. The normalized spacial score (nSPS) is 9.35. The number of carbonyl (C=O) groups excluding carboxylic acids is 1. The summed E-state index contributed by atoms with van der Waals surface area (Å²) >= 11 is 3.23. The second kappa shape index (κ2) is 9.35. The quantitative estimate of drug-likeness (QED) is 0.261. The maximum atomic E-state index is 13.6. The van der Waals surface area contributed by atoms with Crippen LogP contribution in [0, 0.1) is 5.82 Å². The minimum Gasteiger partial charge on any atom is -0.387 e. The fourth-order valence-electron chi connectivity index (χ4n) is 1.39. The number of benzene rings is 1. The van der Waals surface area contributed by atoms with Gasteiger partial charge in [0.1, 0.15) is 5.82 Å². The van der Waals surface area contributed by atoms with Gasteiger partial charge in [-0.15, -0.1) is 23.1 Å². The Morgan fingerprint density at radius 3 is 2.70 bits per heavy atom. The average molecular weight is 313 g/mol. The Labute approximate surface area is 125 Å². The molecular weight excluding hydrogens is 297 g/mol. The summed E-state index contributed by atoms with van der Waals surface area (Å²) < 4.78 is 13.6. The molecule has 0 bridgehead atoms. The van der Waals surface area contributed by atoms with Gasteiger partial charge in [0.2, 0.25) is 6.41 Å². The fraction of sp³-hybridized carbons (Fsp3) is 0.154. The Balaban J connectivity index is 0.000000444. The lowest BCUT2D eigenvalue weighted by Crippen LogP contribution is -2.18. The molecule has 1 aromatic heterocycles. The highest BCUT2D eigenvalue weighted by molar-refractivity contribution is 7.98. The number of hydrazine groups is 1. The van der Waals surface area contributed by atoms with Crippen molar-refractivity contribution in [3.63, 3.8) is 0 Å². The molecule has 0 atom stereocenters. The molecule has 0 aliphatic rings. The lowest BCUT2D eigenvalue weighted by atomic mass is 10.3. The maximum Gasteiger partial charge on any atom is 0.221 e. The molecular formula is C13H16FN3OS2. The Morgan fingerprint density at radius 1 is 1.40 bits per heavy atom. The number of amides is 1. The van der Waals surface area contributed by atoms with E-state index in [2.05, 4.69) is 17.2 Å². The lowest BCUT2D eigenvalue weighted by molar-refractivity contribution is -0.109. The van der Waals surface area contributed by atoms with Crippen LogP contribution in [0.15, 0.2) is 40.6 Å². The van der Waals surface area contributed by atoms with Gasteiger partial charge in [-0.05, 0) is 23.6 Å². The second-order valence-corrected chi connectivity index (χ2v) is 5.54. The molecule has 0 aliphatic carbocycles. The highest BCUT2D eigenvalue weighted by atomic mass is 32.2. The summed E-state index contributed by atoms with van der Waals surface area (Å²) in [6.45, 7) is 0. The third-order valence-corrected chi connectivity index (χ3v) is 4.46. The van der Waals surface area contributed by atoms with Crippen LogP contribution in [0.3, 0.4) is 0 Å². The van der Waals surface area contributed by atoms with Gasteiger partial charge < -0.3 is 5.32 Å². The van der Waals surface area contributed by atoms with Crippen molar-refractivity contribution in [1.29, 1.82) is 0 Å². The van der Waals surface area contributed by atoms with Crippen LogP contribution >= 0.6 is 23.1 Å². The number of nitrogens with two attached hydrogens (primary N) is 1. The summed E-state index contributed by atoms with van der Waals surface area (Å²) in [7, 11) is 1.81. The van der Waals surface area contributed by atoms with Crippen molar-refractivity contribution in [2.75, 3.05) is 12.4 Å². The van der Waals surface area contributed by atoms with E-state index in [1.165, 1.54) is 22.7 Å². The van der Waals surface area contributed by atoms with Crippen LogP contribution in [0.5, 0.6) is 0 Å². The molecule has 1 heterocycles. The maximum absolute atomic E-state index is 13.6. The first-order chi connectivity index (χ1) is 9.72. The highest BCUT2D eigenvalue weighted by Crippen LogP contribution is 2.32. The Morgan fingerprint density at radius 2 is 2.15 bits per heavy atom. The Kier molecular flexibility index (Phi) is 7.71. The summed E-state index contributed by atoms with van der Waals surface area (Å²) in [5.74, 6) is 5.06. The van der Waals surface area contributed by atoms with Gasteiger partial charge in [0.25, 0.3) is 0 Å². The van der Waals surface area contributed by atoms with Crippen LogP contribution in [0.25, 0.3) is 0 Å². The fourth-order valence-corrected chi connectivity index (χ4v) is 3.24. The molecule has 0 saturated heterocycles. The molecule has 1 amide bonds. The van der Waals surface area contributed by atoms with E-state index in [1.807, 2.05) is 24.6 Å². The second-order valence-electron chi connectivity index (χ2n) is 3.52. The van der Waals surface area contributed by atoms with Crippen molar-refractivity contribution in [2.45, 2.75) is 10.6 Å². The molecule has 0 aliphatic heterocycles. The van der Waals surface area contributed by atoms with Gasteiger partial charge in [0.15, 0.2) is 0 Å². The van der Waals surface area contributed by atoms with Crippen LogP contribution in [-0.4, -0.2) is 13.5 Å². The van der Waals surface area contributed by atoms with Crippen LogP contribution in [-0.2, 0) is 10.5 Å². The van der Waals surface area contributed by atoms with E-state index in [0.29, 0.717) is 11.3 Å². The number of hydrogen-bond donors (Lipinski definition) is 3. The van der Waals surface area contributed by atoms with Crippen molar-refractivity contribution in [1.82, 2.24) is 5.43 Å². The summed E-state index contributed by atoms with van der Waals surface area (Å²) in [6.07, 6.45) is 0.403. The molecule has 20 heavy (non-hydrogen) atoms. The standard InChI is InChI=1S/C12H12FNS2.CH4N2O/c1-14-11-6-2-5-10(13)12(11)16-8-9-4-3-7-15-9;2-3-1-4/h2-7,14H,8H2,1H3;1H,2H2,(H,3,4). The number of hydrogen-bond acceptors (Lipinski definition) is 5. The predicted molar refractivity (Wildman–Crippen MR) is 83.2 cm³/mol. The van der Waals surface area contributed by atoms with E-state index in [0.717, 1.165) is 11.4 Å². The van der Waals surface area contributed by atoms with Crippen molar-refractivity contribution >= 4 is 35.2 Å². The van der Waals surface area contributed by atoms with Crippen LogP contribution < -0.4 is 16.6 Å². The van der Waals surface area contributed by atoms with Crippen molar-refractivity contribution in [3.05, 3.63) is 46.4 Å². The van der Waals surface area contributed by atoms with Gasteiger partial charge >= 0.3 is 0 Å². The zero-order chi connectivity index (χ0) is 14.8. The van der Waals surface area contributed by atoms with E-state index < -0.39 is 0 Å². The number of rotatable bonds is 5. The zero-order valence-electron chi connectivity index (χ0n) is 10.9. The first kappa shape index (κ1) is 16.5. The van der Waals surface area contributed by atoms with Crippen molar-refractivity contribution < 1.29 is 9.18 Å². The predicted octanol–water partition coefficient (Wildman–Crippen LogP) is 2.83. The molecule has 1 aromatic carbocycles. The van der Waals surface area contributed by atoms with E-state index in [1.54, 1.807) is 22.8 Å². The molecule has 4 N–H and O–H groups in total. The summed E-state index contributed by atoms with van der Waals surface area (Å²) in [4.78, 5) is 10.9. The summed E-state index contributed by atoms with van der Waals surface area (Å²) in [5.41, 5.74) is 2.60. The smallest absolute Gasteiger partial charge is 0.221 e. The molecule has 0 spiro atoms. The zero-order valence-corrected chi connectivity index (χ0v) is 12.6. The number of anilines is 1.